The molecule has 15 heavy (non-hydrogen) atoms. The van der Waals surface area contributed by atoms with Gasteiger partial charge in [-0.1, -0.05) is 5.92 Å². The average Bonchev–Trinajstić information content (AvgIpc) is 2.24. The summed E-state index contributed by atoms with van der Waals surface area (Å²) in [5.74, 6) is 2.42. The van der Waals surface area contributed by atoms with Crippen LogP contribution in [0.25, 0.3) is 0 Å². The molecule has 0 bridgehead atoms. The average molecular weight is 207 g/mol. The molecule has 0 aliphatic carbocycles. The third-order valence-corrected chi connectivity index (χ3v) is 1.99. The van der Waals surface area contributed by atoms with Gasteiger partial charge in [-0.05, 0) is 0 Å². The molecule has 1 aromatic heterocycles. The molecule has 80 valence electrons. The quantitative estimate of drug-likeness (QED) is 0.382. The monoisotopic (exact) mass is 207 g/mol. The van der Waals surface area contributed by atoms with E-state index >= 15 is 0 Å². The molecule has 0 saturated carbocycles. The Hall–Kier alpha value is -1.80. The van der Waals surface area contributed by atoms with Crippen LogP contribution in [0, 0.1) is 12.3 Å². The lowest BCUT2D eigenvalue weighted by molar-refractivity contribution is 0.594. The topological polar surface area (TPSA) is 56.0 Å². The molecule has 1 aromatic rings. The van der Waals surface area contributed by atoms with Crippen LogP contribution in [0.1, 0.15) is 0 Å². The molecule has 0 aliphatic rings. The lowest BCUT2D eigenvalue weighted by Crippen LogP contribution is -2.40. The van der Waals surface area contributed by atoms with Gasteiger partial charge in [0.15, 0.2) is 0 Å². The minimum absolute atomic E-state index is 0.441. The van der Waals surface area contributed by atoms with Crippen molar-refractivity contribution >= 4 is 0 Å². The van der Waals surface area contributed by atoms with Crippen molar-refractivity contribution in [1.82, 2.24) is 14.5 Å². The largest absolute Gasteiger partial charge is 0.316 e. The van der Waals surface area contributed by atoms with Crippen LogP contribution in [0.4, 0.5) is 0 Å². The van der Waals surface area contributed by atoms with E-state index in [1.807, 2.05) is 0 Å². The Balaban J connectivity index is 2.72. The van der Waals surface area contributed by atoms with Crippen molar-refractivity contribution in [3.05, 3.63) is 33.1 Å². The second-order valence-electron chi connectivity index (χ2n) is 3.09. The maximum Gasteiger partial charge on any atom is 0.316 e. The first-order chi connectivity index (χ1) is 7.16. The van der Waals surface area contributed by atoms with Crippen molar-refractivity contribution in [2.75, 3.05) is 13.1 Å². The van der Waals surface area contributed by atoms with Crippen LogP contribution in [-0.4, -0.2) is 22.2 Å². The Bertz CT molecular complexity index is 479. The number of aromatic nitrogens is 2. The first-order valence-electron chi connectivity index (χ1n) is 4.57. The fourth-order valence-electron chi connectivity index (χ4n) is 1.13. The van der Waals surface area contributed by atoms with Gasteiger partial charge in [0, 0.05) is 32.5 Å². The van der Waals surface area contributed by atoms with E-state index in [-0.39, 0.29) is 0 Å². The van der Waals surface area contributed by atoms with Gasteiger partial charge in [0.25, 0.3) is 0 Å². The van der Waals surface area contributed by atoms with Crippen molar-refractivity contribution in [2.45, 2.75) is 6.54 Å². The molecule has 0 aliphatic heterocycles. The number of rotatable bonds is 4. The van der Waals surface area contributed by atoms with Gasteiger partial charge in [-0.3, -0.25) is 9.59 Å². The van der Waals surface area contributed by atoms with Gasteiger partial charge < -0.3 is 14.5 Å². The lowest BCUT2D eigenvalue weighted by Gasteiger charge is -2.05. The summed E-state index contributed by atoms with van der Waals surface area (Å²) in [6.07, 6.45) is 8.19. The molecule has 0 aromatic carbocycles. The fourth-order valence-corrected chi connectivity index (χ4v) is 1.13. The molecule has 5 nitrogen and oxygen atoms in total. The van der Waals surface area contributed by atoms with Crippen molar-refractivity contribution < 1.29 is 0 Å². The van der Waals surface area contributed by atoms with E-state index in [4.69, 9.17) is 6.42 Å². The van der Waals surface area contributed by atoms with Crippen molar-refractivity contribution in [2.24, 2.45) is 7.05 Å². The molecule has 1 rings (SSSR count). The zero-order chi connectivity index (χ0) is 11.3. The predicted molar refractivity (Wildman–Crippen MR) is 57.6 cm³/mol. The Kier molecular flexibility index (Phi) is 3.89. The van der Waals surface area contributed by atoms with Crippen LogP contribution in [-0.2, 0) is 13.6 Å². The van der Waals surface area contributed by atoms with E-state index in [9.17, 15) is 9.59 Å². The van der Waals surface area contributed by atoms with Gasteiger partial charge in [-0.25, -0.2) is 0 Å². The van der Waals surface area contributed by atoms with Crippen molar-refractivity contribution in [3.63, 3.8) is 0 Å². The highest BCUT2D eigenvalue weighted by Crippen LogP contribution is 1.77. The van der Waals surface area contributed by atoms with Gasteiger partial charge in [-0.2, -0.15) is 0 Å². The van der Waals surface area contributed by atoms with E-state index in [0.717, 1.165) is 0 Å². The zero-order valence-electron chi connectivity index (χ0n) is 8.56. The highest BCUT2D eigenvalue weighted by molar-refractivity contribution is 4.87. The number of nitrogens with zero attached hydrogens (tertiary/aromatic N) is 2. The minimum Gasteiger partial charge on any atom is -0.312 e. The van der Waals surface area contributed by atoms with Gasteiger partial charge in [-0.15, -0.1) is 6.42 Å². The van der Waals surface area contributed by atoms with Crippen LogP contribution < -0.4 is 16.4 Å². The second kappa shape index (κ2) is 5.17. The highest BCUT2D eigenvalue weighted by Gasteiger charge is 2.00. The summed E-state index contributed by atoms with van der Waals surface area (Å²) in [5.41, 5.74) is -1.03. The number of nitrogens with one attached hydrogen (secondary N) is 1. The van der Waals surface area contributed by atoms with Crippen LogP contribution in [0.5, 0.6) is 0 Å². The fraction of sp³-hybridized carbons (Fsp3) is 0.400. The van der Waals surface area contributed by atoms with E-state index in [2.05, 4.69) is 11.2 Å². The summed E-state index contributed by atoms with van der Waals surface area (Å²) in [6.45, 7) is 1.47. The maximum absolute atomic E-state index is 11.4. The summed E-state index contributed by atoms with van der Waals surface area (Å²) in [4.78, 5) is 22.7. The van der Waals surface area contributed by atoms with Crippen molar-refractivity contribution in [3.8, 4) is 12.3 Å². The molecule has 0 spiro atoms. The normalized spacial score (nSPS) is 9.87. The van der Waals surface area contributed by atoms with Crippen LogP contribution in [0.2, 0.25) is 0 Å². The van der Waals surface area contributed by atoms with Gasteiger partial charge in [0.2, 0.25) is 0 Å². The first kappa shape index (κ1) is 11.3. The number of terminal acetylenes is 1. The van der Waals surface area contributed by atoms with Gasteiger partial charge in [0.05, 0.1) is 6.54 Å². The van der Waals surface area contributed by atoms with Crippen molar-refractivity contribution in [1.29, 1.82) is 0 Å². The first-order valence-corrected chi connectivity index (χ1v) is 4.57. The third kappa shape index (κ3) is 2.82. The molecule has 5 heteroatoms. The summed E-state index contributed by atoms with van der Waals surface area (Å²) in [6, 6.07) is 0. The van der Waals surface area contributed by atoms with E-state index in [0.29, 0.717) is 19.6 Å². The zero-order valence-corrected chi connectivity index (χ0v) is 8.56. The molecule has 0 radical (unpaired) electrons. The minimum atomic E-state index is -0.519. The van der Waals surface area contributed by atoms with Crippen LogP contribution in [0.15, 0.2) is 22.0 Å². The Morgan fingerprint density at radius 2 is 2.13 bits per heavy atom. The molecule has 0 amide bonds. The number of aryl methyl sites for hydroxylation is 1. The molecule has 1 heterocycles. The second-order valence-corrected chi connectivity index (χ2v) is 3.09. The van der Waals surface area contributed by atoms with Crippen LogP contribution >= 0.6 is 0 Å². The molecule has 0 fully saturated rings. The molecule has 1 N–H and O–H groups in total. The SMILES string of the molecule is C#CCNCCn1ccn(C)c(=O)c1=O. The number of hydrogen-bond donors (Lipinski definition) is 1. The Morgan fingerprint density at radius 3 is 2.80 bits per heavy atom. The van der Waals surface area contributed by atoms with Crippen LogP contribution in [0.3, 0.4) is 0 Å². The summed E-state index contributed by atoms with van der Waals surface area (Å²) in [7, 11) is 1.55. The molecular weight excluding hydrogens is 194 g/mol. The standard InChI is InChI=1S/C10H13N3O2/c1-3-4-11-5-6-13-8-7-12(2)9(14)10(13)15/h1,7-8,11H,4-6H2,2H3. The molecular formula is C10H13N3O2. The smallest absolute Gasteiger partial charge is 0.312 e. The Labute approximate surface area is 87.4 Å². The Morgan fingerprint density at radius 1 is 1.40 bits per heavy atom. The predicted octanol–water partition coefficient (Wildman–Crippen LogP) is -1.23. The van der Waals surface area contributed by atoms with E-state index < -0.39 is 11.1 Å². The highest BCUT2D eigenvalue weighted by atomic mass is 16.2. The molecule has 0 saturated heterocycles. The van der Waals surface area contributed by atoms with Gasteiger partial charge >= 0.3 is 11.1 Å². The maximum atomic E-state index is 11.4. The molecule has 0 unspecified atom stereocenters. The number of hydrogen-bond acceptors (Lipinski definition) is 3. The van der Waals surface area contributed by atoms with E-state index in [1.54, 1.807) is 19.4 Å². The summed E-state index contributed by atoms with van der Waals surface area (Å²) < 4.78 is 2.62. The lowest BCUT2D eigenvalue weighted by atomic mass is 10.5. The third-order valence-electron chi connectivity index (χ3n) is 1.99. The molecule has 0 atom stereocenters. The summed E-state index contributed by atoms with van der Waals surface area (Å²) >= 11 is 0. The van der Waals surface area contributed by atoms with Gasteiger partial charge in [0.1, 0.15) is 0 Å². The summed E-state index contributed by atoms with van der Waals surface area (Å²) in [5, 5.41) is 2.94. The van der Waals surface area contributed by atoms with E-state index in [1.165, 1.54) is 9.13 Å².